The van der Waals surface area contributed by atoms with Crippen LogP contribution < -0.4 is 4.74 Å². The average molecular weight is 309 g/mol. The quantitative estimate of drug-likeness (QED) is 0.719. The van der Waals surface area contributed by atoms with E-state index in [9.17, 15) is 4.79 Å². The summed E-state index contributed by atoms with van der Waals surface area (Å²) in [5.74, 6) is 0.830. The Labute approximate surface area is 138 Å². The first-order valence-electron chi connectivity index (χ1n) is 7.96. The Morgan fingerprint density at radius 1 is 1.04 bits per heavy atom. The van der Waals surface area contributed by atoms with E-state index < -0.39 is 0 Å². The lowest BCUT2D eigenvalue weighted by molar-refractivity contribution is -0.125. The van der Waals surface area contributed by atoms with E-state index in [4.69, 9.17) is 4.74 Å². The molecule has 3 nitrogen and oxygen atoms in total. The van der Waals surface area contributed by atoms with Crippen LogP contribution in [0, 0.1) is 0 Å². The van der Waals surface area contributed by atoms with Crippen LogP contribution in [0.5, 0.6) is 5.75 Å². The number of likely N-dealkylation sites (N-methyl/N-ethyl adjacent to an activating group) is 1. The molecule has 0 radical (unpaired) electrons. The molecule has 0 spiro atoms. The second kappa shape index (κ2) is 8.79. The van der Waals surface area contributed by atoms with Crippen molar-refractivity contribution < 1.29 is 9.53 Å². The van der Waals surface area contributed by atoms with Crippen LogP contribution in [0.2, 0.25) is 0 Å². The zero-order valence-corrected chi connectivity index (χ0v) is 13.7. The molecule has 0 N–H and O–H groups in total. The maximum Gasteiger partial charge on any atom is 0.246 e. The molecule has 0 fully saturated rings. The van der Waals surface area contributed by atoms with Crippen LogP contribution in [-0.2, 0) is 11.4 Å². The Hall–Kier alpha value is -2.55. The topological polar surface area (TPSA) is 29.5 Å². The highest BCUT2D eigenvalue weighted by atomic mass is 16.5. The van der Waals surface area contributed by atoms with E-state index in [0.717, 1.165) is 30.0 Å². The van der Waals surface area contributed by atoms with Crippen molar-refractivity contribution in [3.05, 3.63) is 71.8 Å². The van der Waals surface area contributed by atoms with Gasteiger partial charge in [-0.1, -0.05) is 42.5 Å². The predicted molar refractivity (Wildman–Crippen MR) is 94.2 cm³/mol. The maximum absolute atomic E-state index is 12.0. The second-order valence-electron chi connectivity index (χ2n) is 5.19. The number of carbonyl (C=O) groups excluding carboxylic acids is 1. The van der Waals surface area contributed by atoms with Crippen LogP contribution in [0.4, 0.5) is 0 Å². The summed E-state index contributed by atoms with van der Waals surface area (Å²) in [4.78, 5) is 13.8. The van der Waals surface area contributed by atoms with Crippen LogP contribution in [-0.4, -0.2) is 23.9 Å². The zero-order chi connectivity index (χ0) is 16.5. The monoisotopic (exact) mass is 309 g/mol. The highest BCUT2D eigenvalue weighted by molar-refractivity contribution is 5.91. The van der Waals surface area contributed by atoms with Gasteiger partial charge in [0.1, 0.15) is 12.4 Å². The molecule has 0 aliphatic heterocycles. The summed E-state index contributed by atoms with van der Waals surface area (Å²) in [7, 11) is 0. The number of nitrogens with zero attached hydrogens (tertiary/aromatic N) is 1. The third kappa shape index (κ3) is 5.29. The molecule has 1 amide bonds. The fourth-order valence-corrected chi connectivity index (χ4v) is 2.26. The molecule has 0 atom stereocenters. The van der Waals surface area contributed by atoms with Crippen molar-refractivity contribution >= 4 is 12.0 Å². The van der Waals surface area contributed by atoms with E-state index in [1.54, 1.807) is 11.0 Å². The molecule has 0 heterocycles. The Morgan fingerprint density at radius 3 is 2.48 bits per heavy atom. The van der Waals surface area contributed by atoms with Gasteiger partial charge in [0.2, 0.25) is 5.91 Å². The summed E-state index contributed by atoms with van der Waals surface area (Å²) in [6.07, 6.45) is 3.44. The summed E-state index contributed by atoms with van der Waals surface area (Å²) >= 11 is 0. The molecule has 2 aromatic carbocycles. The fraction of sp³-hybridized carbons (Fsp3) is 0.250. The summed E-state index contributed by atoms with van der Waals surface area (Å²) in [5.41, 5.74) is 2.08. The largest absolute Gasteiger partial charge is 0.489 e. The smallest absolute Gasteiger partial charge is 0.246 e. The minimum absolute atomic E-state index is 0.0330. The van der Waals surface area contributed by atoms with Gasteiger partial charge in [0.25, 0.3) is 0 Å². The van der Waals surface area contributed by atoms with Gasteiger partial charge in [-0.25, -0.2) is 0 Å². The molecule has 23 heavy (non-hydrogen) atoms. The summed E-state index contributed by atoms with van der Waals surface area (Å²) in [6.45, 7) is 5.94. The van der Waals surface area contributed by atoms with Gasteiger partial charge in [0, 0.05) is 19.2 Å². The zero-order valence-electron chi connectivity index (χ0n) is 13.7. The summed E-state index contributed by atoms with van der Waals surface area (Å²) < 4.78 is 5.80. The lowest BCUT2D eigenvalue weighted by Crippen LogP contribution is -2.28. The van der Waals surface area contributed by atoms with Crippen molar-refractivity contribution in [3.8, 4) is 5.75 Å². The van der Waals surface area contributed by atoms with Crippen molar-refractivity contribution in [3.63, 3.8) is 0 Å². The number of hydrogen-bond acceptors (Lipinski definition) is 2. The molecule has 0 aliphatic carbocycles. The van der Waals surface area contributed by atoms with Crippen LogP contribution in [0.15, 0.2) is 60.7 Å². The second-order valence-corrected chi connectivity index (χ2v) is 5.19. The molecule has 0 bridgehead atoms. The lowest BCUT2D eigenvalue weighted by atomic mass is 10.2. The van der Waals surface area contributed by atoms with Crippen molar-refractivity contribution in [1.82, 2.24) is 4.90 Å². The third-order valence-electron chi connectivity index (χ3n) is 3.60. The number of carbonyl (C=O) groups is 1. The van der Waals surface area contributed by atoms with Crippen molar-refractivity contribution in [2.24, 2.45) is 0 Å². The van der Waals surface area contributed by atoms with E-state index >= 15 is 0 Å². The van der Waals surface area contributed by atoms with Gasteiger partial charge in [0.15, 0.2) is 0 Å². The number of hydrogen-bond donors (Lipinski definition) is 0. The third-order valence-corrected chi connectivity index (χ3v) is 3.60. The normalized spacial score (nSPS) is 10.7. The Kier molecular flexibility index (Phi) is 6.42. The van der Waals surface area contributed by atoms with E-state index in [-0.39, 0.29) is 5.91 Å². The molecule has 2 aromatic rings. The molecule has 0 unspecified atom stereocenters. The van der Waals surface area contributed by atoms with Gasteiger partial charge in [0.05, 0.1) is 0 Å². The molecule has 0 saturated heterocycles. The van der Waals surface area contributed by atoms with E-state index in [2.05, 4.69) is 0 Å². The summed E-state index contributed by atoms with van der Waals surface area (Å²) in [6, 6.07) is 17.8. The van der Waals surface area contributed by atoms with E-state index in [0.29, 0.717) is 6.61 Å². The molecule has 0 saturated carbocycles. The Morgan fingerprint density at radius 2 is 1.78 bits per heavy atom. The Bertz CT molecular complexity index is 646. The number of benzene rings is 2. The summed E-state index contributed by atoms with van der Waals surface area (Å²) in [5, 5.41) is 0. The van der Waals surface area contributed by atoms with Crippen molar-refractivity contribution in [2.75, 3.05) is 13.1 Å². The molecule has 2 rings (SSSR count). The SMILES string of the molecule is CCN(CC)C(=O)/C=C/c1cccc(OCc2ccccc2)c1. The van der Waals surface area contributed by atoms with Gasteiger partial charge in [-0.15, -0.1) is 0 Å². The minimum atomic E-state index is 0.0330. The molecule has 0 aliphatic rings. The predicted octanol–water partition coefficient (Wildman–Crippen LogP) is 4.15. The van der Waals surface area contributed by atoms with E-state index in [1.807, 2.05) is 74.5 Å². The average Bonchev–Trinajstić information content (AvgIpc) is 2.60. The van der Waals surface area contributed by atoms with Gasteiger partial charge in [-0.3, -0.25) is 4.79 Å². The van der Waals surface area contributed by atoms with E-state index in [1.165, 1.54) is 0 Å². The first kappa shape index (κ1) is 16.8. The highest BCUT2D eigenvalue weighted by Crippen LogP contribution is 2.16. The lowest BCUT2D eigenvalue weighted by Gasteiger charge is -2.15. The Balaban J connectivity index is 1.98. The molecule has 0 aromatic heterocycles. The van der Waals surface area contributed by atoms with Crippen LogP contribution in [0.3, 0.4) is 0 Å². The number of rotatable bonds is 7. The van der Waals surface area contributed by atoms with Crippen molar-refractivity contribution in [1.29, 1.82) is 0 Å². The fourth-order valence-electron chi connectivity index (χ4n) is 2.26. The number of amides is 1. The molecule has 120 valence electrons. The standard InChI is InChI=1S/C20H23NO2/c1-3-21(4-2)20(22)14-13-17-11-8-12-19(15-17)23-16-18-9-6-5-7-10-18/h5-15H,3-4,16H2,1-2H3/b14-13+. The van der Waals surface area contributed by atoms with Gasteiger partial charge in [-0.05, 0) is 43.2 Å². The molecular formula is C20H23NO2. The first-order valence-corrected chi connectivity index (χ1v) is 7.96. The van der Waals surface area contributed by atoms with Gasteiger partial charge in [-0.2, -0.15) is 0 Å². The molecular weight excluding hydrogens is 286 g/mol. The van der Waals surface area contributed by atoms with Gasteiger partial charge >= 0.3 is 0 Å². The first-order chi connectivity index (χ1) is 11.2. The highest BCUT2D eigenvalue weighted by Gasteiger charge is 2.04. The van der Waals surface area contributed by atoms with Crippen LogP contribution in [0.25, 0.3) is 6.08 Å². The van der Waals surface area contributed by atoms with Crippen LogP contribution >= 0.6 is 0 Å². The number of ether oxygens (including phenoxy) is 1. The molecule has 3 heteroatoms. The maximum atomic E-state index is 12.0. The van der Waals surface area contributed by atoms with Gasteiger partial charge < -0.3 is 9.64 Å². The van der Waals surface area contributed by atoms with Crippen molar-refractivity contribution in [2.45, 2.75) is 20.5 Å². The van der Waals surface area contributed by atoms with Crippen LogP contribution in [0.1, 0.15) is 25.0 Å². The minimum Gasteiger partial charge on any atom is -0.489 e.